The number of aliphatic hydroxyl groups excluding tert-OH is 1. The molecule has 2 nitrogen and oxygen atoms in total. The van der Waals surface area contributed by atoms with Crippen LogP contribution in [0.5, 0.6) is 11.5 Å². The molecule has 4 rings (SSSR count). The second-order valence-corrected chi connectivity index (χ2v) is 6.24. The molecule has 0 bridgehead atoms. The van der Waals surface area contributed by atoms with Crippen LogP contribution in [0.15, 0.2) is 66.7 Å². The summed E-state index contributed by atoms with van der Waals surface area (Å²) in [7, 11) is 0. The molecule has 0 fully saturated rings. The molecule has 1 aliphatic rings. The van der Waals surface area contributed by atoms with Gasteiger partial charge in [0, 0.05) is 11.1 Å². The molecule has 0 saturated carbocycles. The van der Waals surface area contributed by atoms with E-state index >= 15 is 0 Å². The van der Waals surface area contributed by atoms with E-state index in [1.807, 2.05) is 24.3 Å². The molecule has 26 heavy (non-hydrogen) atoms. The van der Waals surface area contributed by atoms with Gasteiger partial charge in [0.1, 0.15) is 17.6 Å². The van der Waals surface area contributed by atoms with E-state index in [9.17, 15) is 18.3 Å². The number of hydrogen-bond donors (Lipinski definition) is 1. The molecule has 3 aromatic rings. The van der Waals surface area contributed by atoms with E-state index in [-0.39, 0.29) is 0 Å². The van der Waals surface area contributed by atoms with Crippen LogP contribution >= 0.6 is 0 Å². The molecule has 0 amide bonds. The van der Waals surface area contributed by atoms with Crippen LogP contribution < -0.4 is 4.74 Å². The quantitative estimate of drug-likeness (QED) is 0.658. The van der Waals surface area contributed by atoms with Crippen LogP contribution in [0, 0.1) is 0 Å². The SMILES string of the molecule is OC1c2ccccc2Oc2cccc(Cc3ccc(C(F)(F)F)cc3)c21. The minimum atomic E-state index is -4.35. The van der Waals surface area contributed by atoms with E-state index in [4.69, 9.17) is 4.74 Å². The van der Waals surface area contributed by atoms with E-state index in [1.165, 1.54) is 12.1 Å². The van der Waals surface area contributed by atoms with Gasteiger partial charge in [-0.3, -0.25) is 0 Å². The lowest BCUT2D eigenvalue weighted by molar-refractivity contribution is -0.137. The van der Waals surface area contributed by atoms with Crippen molar-refractivity contribution in [2.24, 2.45) is 0 Å². The first-order chi connectivity index (χ1) is 12.4. The average molecular weight is 356 g/mol. The van der Waals surface area contributed by atoms with E-state index in [0.29, 0.717) is 29.0 Å². The summed E-state index contributed by atoms with van der Waals surface area (Å²) in [5.41, 5.74) is 2.22. The Labute approximate surface area is 148 Å². The van der Waals surface area contributed by atoms with E-state index < -0.39 is 17.8 Å². The Hall–Kier alpha value is -2.79. The molecule has 1 unspecified atom stereocenters. The van der Waals surface area contributed by atoms with Crippen LogP contribution in [0.3, 0.4) is 0 Å². The minimum absolute atomic E-state index is 0.407. The summed E-state index contributed by atoms with van der Waals surface area (Å²) in [6.07, 6.45) is -4.78. The maximum absolute atomic E-state index is 12.7. The van der Waals surface area contributed by atoms with E-state index in [1.54, 1.807) is 18.2 Å². The fourth-order valence-corrected chi connectivity index (χ4v) is 3.25. The van der Waals surface area contributed by atoms with Gasteiger partial charge in [0.25, 0.3) is 0 Å². The highest BCUT2D eigenvalue weighted by Gasteiger charge is 2.30. The Bertz CT molecular complexity index is 946. The monoisotopic (exact) mass is 356 g/mol. The molecule has 1 aliphatic heterocycles. The number of alkyl halides is 3. The second kappa shape index (κ2) is 6.18. The highest BCUT2D eigenvalue weighted by atomic mass is 19.4. The normalized spacial score (nSPS) is 15.8. The van der Waals surface area contributed by atoms with Crippen molar-refractivity contribution < 1.29 is 23.0 Å². The zero-order valence-electron chi connectivity index (χ0n) is 13.6. The number of aliphatic hydroxyl groups is 1. The Morgan fingerprint density at radius 2 is 1.54 bits per heavy atom. The lowest BCUT2D eigenvalue weighted by Gasteiger charge is -2.27. The molecule has 0 aliphatic carbocycles. The maximum atomic E-state index is 12.7. The minimum Gasteiger partial charge on any atom is -0.457 e. The molecular formula is C21H15F3O2. The molecule has 0 saturated heterocycles. The number of rotatable bonds is 2. The Morgan fingerprint density at radius 3 is 2.27 bits per heavy atom. The fraction of sp³-hybridized carbons (Fsp3) is 0.143. The molecule has 0 aromatic heterocycles. The van der Waals surface area contributed by atoms with Gasteiger partial charge in [-0.25, -0.2) is 0 Å². The van der Waals surface area contributed by atoms with Crippen molar-refractivity contribution in [1.82, 2.24) is 0 Å². The summed E-state index contributed by atoms with van der Waals surface area (Å²) < 4.78 is 44.0. The van der Waals surface area contributed by atoms with Gasteiger partial charge in [-0.2, -0.15) is 13.2 Å². The fourth-order valence-electron chi connectivity index (χ4n) is 3.25. The third-order valence-corrected chi connectivity index (χ3v) is 4.54. The van der Waals surface area contributed by atoms with Crippen molar-refractivity contribution in [3.8, 4) is 11.5 Å². The largest absolute Gasteiger partial charge is 0.457 e. The summed E-state index contributed by atoms with van der Waals surface area (Å²) in [6, 6.07) is 17.8. The Balaban J connectivity index is 1.68. The van der Waals surface area contributed by atoms with Crippen LogP contribution in [0.4, 0.5) is 13.2 Å². The van der Waals surface area contributed by atoms with Gasteiger partial charge in [0.2, 0.25) is 0 Å². The van der Waals surface area contributed by atoms with E-state index in [2.05, 4.69) is 0 Å². The van der Waals surface area contributed by atoms with Gasteiger partial charge in [0.15, 0.2) is 0 Å². The summed E-state index contributed by atoms with van der Waals surface area (Å²) in [6.45, 7) is 0. The highest BCUT2D eigenvalue weighted by Crippen LogP contribution is 2.44. The van der Waals surface area contributed by atoms with Gasteiger partial charge in [0.05, 0.1) is 5.56 Å². The molecule has 3 aromatic carbocycles. The van der Waals surface area contributed by atoms with Crippen molar-refractivity contribution in [1.29, 1.82) is 0 Å². The average Bonchev–Trinajstić information content (AvgIpc) is 2.62. The molecule has 1 N–H and O–H groups in total. The molecule has 132 valence electrons. The highest BCUT2D eigenvalue weighted by molar-refractivity contribution is 5.55. The number of para-hydroxylation sites is 1. The van der Waals surface area contributed by atoms with Crippen molar-refractivity contribution in [2.45, 2.75) is 18.7 Å². The molecule has 5 heteroatoms. The molecular weight excluding hydrogens is 341 g/mol. The number of fused-ring (bicyclic) bond motifs is 2. The van der Waals surface area contributed by atoms with Crippen LogP contribution in [-0.2, 0) is 12.6 Å². The first kappa shape index (κ1) is 16.7. The lowest BCUT2D eigenvalue weighted by atomic mass is 9.90. The topological polar surface area (TPSA) is 29.5 Å². The molecule has 1 heterocycles. The number of benzene rings is 3. The third-order valence-electron chi connectivity index (χ3n) is 4.54. The van der Waals surface area contributed by atoms with Crippen molar-refractivity contribution in [2.75, 3.05) is 0 Å². The smallest absolute Gasteiger partial charge is 0.416 e. The lowest BCUT2D eigenvalue weighted by Crippen LogP contribution is -2.12. The Kier molecular flexibility index (Phi) is 3.96. The summed E-state index contributed by atoms with van der Waals surface area (Å²) in [5.74, 6) is 1.18. The standard InChI is InChI=1S/C21H15F3O2/c22-21(23,24)15-10-8-13(9-11-15)12-14-4-3-7-18-19(14)20(25)16-5-1-2-6-17(16)26-18/h1-11,20,25H,12H2. The van der Waals surface area contributed by atoms with Gasteiger partial charge in [-0.1, -0.05) is 42.5 Å². The molecule has 0 radical (unpaired) electrons. The zero-order chi connectivity index (χ0) is 18.3. The summed E-state index contributed by atoms with van der Waals surface area (Å²) in [5, 5.41) is 10.8. The van der Waals surface area contributed by atoms with Gasteiger partial charge < -0.3 is 9.84 Å². The third kappa shape index (κ3) is 2.95. The van der Waals surface area contributed by atoms with Gasteiger partial charge >= 0.3 is 6.18 Å². The van der Waals surface area contributed by atoms with Gasteiger partial charge in [-0.15, -0.1) is 0 Å². The number of hydrogen-bond acceptors (Lipinski definition) is 2. The first-order valence-corrected chi connectivity index (χ1v) is 8.16. The van der Waals surface area contributed by atoms with Crippen LogP contribution in [-0.4, -0.2) is 5.11 Å². The number of ether oxygens (including phenoxy) is 1. The molecule has 1 atom stereocenters. The predicted molar refractivity (Wildman–Crippen MR) is 91.3 cm³/mol. The van der Waals surface area contributed by atoms with E-state index in [0.717, 1.165) is 23.3 Å². The second-order valence-electron chi connectivity index (χ2n) is 6.24. The first-order valence-electron chi connectivity index (χ1n) is 8.16. The van der Waals surface area contributed by atoms with Crippen molar-refractivity contribution in [3.05, 3.63) is 94.5 Å². The Morgan fingerprint density at radius 1 is 0.846 bits per heavy atom. The van der Waals surface area contributed by atoms with Crippen molar-refractivity contribution >= 4 is 0 Å². The predicted octanol–water partition coefficient (Wildman–Crippen LogP) is 5.48. The van der Waals surface area contributed by atoms with Gasteiger partial charge in [-0.05, 0) is 41.8 Å². The summed E-state index contributed by atoms with van der Waals surface area (Å²) in [4.78, 5) is 0. The maximum Gasteiger partial charge on any atom is 0.416 e. The number of halogens is 3. The molecule has 0 spiro atoms. The summed E-state index contributed by atoms with van der Waals surface area (Å²) >= 11 is 0. The zero-order valence-corrected chi connectivity index (χ0v) is 13.6. The van der Waals surface area contributed by atoms with Crippen LogP contribution in [0.2, 0.25) is 0 Å². The van der Waals surface area contributed by atoms with Crippen LogP contribution in [0.1, 0.15) is 33.9 Å². The van der Waals surface area contributed by atoms with Crippen molar-refractivity contribution in [3.63, 3.8) is 0 Å². The van der Waals surface area contributed by atoms with Crippen LogP contribution in [0.25, 0.3) is 0 Å².